The van der Waals surface area contributed by atoms with E-state index in [1.54, 1.807) is 17.8 Å². The number of benzene rings is 2. The molecule has 0 amide bonds. The highest BCUT2D eigenvalue weighted by Gasteiger charge is 2.05. The van der Waals surface area contributed by atoms with E-state index in [0.717, 1.165) is 20.1 Å². The summed E-state index contributed by atoms with van der Waals surface area (Å²) >= 11 is 16.9. The number of rotatable bonds is 3. The minimum Gasteiger partial charge on any atom is -0.398 e. The Labute approximate surface area is 129 Å². The Morgan fingerprint density at radius 2 is 1.72 bits per heavy atom. The van der Waals surface area contributed by atoms with E-state index in [4.69, 9.17) is 28.9 Å². The summed E-state index contributed by atoms with van der Waals surface area (Å²) in [5, 5.41) is 1.38. The van der Waals surface area contributed by atoms with Gasteiger partial charge < -0.3 is 5.73 Å². The smallest absolute Gasteiger partial charge is 0.0467 e. The van der Waals surface area contributed by atoms with Gasteiger partial charge in [0.05, 0.1) is 0 Å². The molecule has 1 nitrogen and oxygen atoms in total. The molecule has 18 heavy (non-hydrogen) atoms. The first kappa shape index (κ1) is 14.1. The molecular weight excluding hydrogens is 353 g/mol. The van der Waals surface area contributed by atoms with Crippen LogP contribution in [0.4, 0.5) is 5.69 Å². The lowest BCUT2D eigenvalue weighted by molar-refractivity contribution is 1.36. The normalized spacial score (nSPS) is 10.6. The molecule has 0 heterocycles. The van der Waals surface area contributed by atoms with Crippen LogP contribution in [0.3, 0.4) is 0 Å². The Kier molecular flexibility index (Phi) is 4.84. The van der Waals surface area contributed by atoms with E-state index in [9.17, 15) is 0 Å². The van der Waals surface area contributed by atoms with Gasteiger partial charge in [-0.1, -0.05) is 45.2 Å². The van der Waals surface area contributed by atoms with E-state index >= 15 is 0 Å². The maximum atomic E-state index is 5.91. The van der Waals surface area contributed by atoms with E-state index in [-0.39, 0.29) is 0 Å². The van der Waals surface area contributed by atoms with Crippen molar-refractivity contribution in [3.63, 3.8) is 0 Å². The molecule has 2 aromatic carbocycles. The summed E-state index contributed by atoms with van der Waals surface area (Å²) in [7, 11) is 0. The summed E-state index contributed by atoms with van der Waals surface area (Å²) in [6.07, 6.45) is 0. The first-order valence-electron chi connectivity index (χ1n) is 5.18. The molecule has 2 aromatic rings. The van der Waals surface area contributed by atoms with Gasteiger partial charge in [0.15, 0.2) is 0 Å². The third-order valence-corrected chi connectivity index (χ3v) is 4.72. The lowest BCUT2D eigenvalue weighted by Crippen LogP contribution is -1.89. The number of halogens is 3. The van der Waals surface area contributed by atoms with E-state index < -0.39 is 0 Å². The van der Waals surface area contributed by atoms with Gasteiger partial charge in [-0.05, 0) is 35.9 Å². The zero-order chi connectivity index (χ0) is 13.1. The van der Waals surface area contributed by atoms with Crippen LogP contribution in [0.5, 0.6) is 0 Å². The molecule has 2 N–H and O–H groups in total. The average molecular weight is 363 g/mol. The highest BCUT2D eigenvalue weighted by atomic mass is 79.9. The fraction of sp³-hybridized carbons (Fsp3) is 0.0769. The second kappa shape index (κ2) is 6.20. The monoisotopic (exact) mass is 361 g/mol. The summed E-state index contributed by atoms with van der Waals surface area (Å²) in [6.45, 7) is 0. The van der Waals surface area contributed by atoms with Gasteiger partial charge in [-0.15, -0.1) is 11.8 Å². The number of hydrogen-bond donors (Lipinski definition) is 1. The third kappa shape index (κ3) is 3.58. The molecule has 0 aliphatic carbocycles. The van der Waals surface area contributed by atoms with Gasteiger partial charge in [0.2, 0.25) is 0 Å². The largest absolute Gasteiger partial charge is 0.398 e. The van der Waals surface area contributed by atoms with Gasteiger partial charge in [0, 0.05) is 30.9 Å². The van der Waals surface area contributed by atoms with Crippen LogP contribution in [0.25, 0.3) is 0 Å². The van der Waals surface area contributed by atoms with Crippen molar-refractivity contribution in [3.8, 4) is 0 Å². The minimum absolute atomic E-state index is 0.657. The van der Waals surface area contributed by atoms with Crippen molar-refractivity contribution in [3.05, 3.63) is 56.5 Å². The van der Waals surface area contributed by atoms with Crippen LogP contribution in [0.15, 0.2) is 45.8 Å². The minimum atomic E-state index is 0.657. The van der Waals surface area contributed by atoms with Crippen molar-refractivity contribution < 1.29 is 0 Å². The van der Waals surface area contributed by atoms with Crippen LogP contribution < -0.4 is 5.73 Å². The van der Waals surface area contributed by atoms with Crippen LogP contribution >= 0.6 is 50.9 Å². The standard InChI is InChI=1S/C13H10BrCl2NS/c14-11-5-9(15)2-1-8(11)7-18-13-4-3-10(16)6-12(13)17/h1-6H,7,17H2. The molecule has 2 rings (SSSR count). The van der Waals surface area contributed by atoms with E-state index in [1.807, 2.05) is 30.3 Å². The number of nitrogen functional groups attached to an aromatic ring is 1. The maximum Gasteiger partial charge on any atom is 0.0467 e. The molecule has 0 atom stereocenters. The molecule has 0 fully saturated rings. The van der Waals surface area contributed by atoms with Gasteiger partial charge in [-0.2, -0.15) is 0 Å². The van der Waals surface area contributed by atoms with E-state index in [2.05, 4.69) is 15.9 Å². The van der Waals surface area contributed by atoms with Gasteiger partial charge in [-0.25, -0.2) is 0 Å². The van der Waals surface area contributed by atoms with E-state index in [0.29, 0.717) is 10.7 Å². The van der Waals surface area contributed by atoms with Crippen LogP contribution in [-0.2, 0) is 5.75 Å². The molecule has 0 aromatic heterocycles. The van der Waals surface area contributed by atoms with E-state index in [1.165, 1.54) is 5.56 Å². The molecule has 0 radical (unpaired) electrons. The number of nitrogens with two attached hydrogens (primary N) is 1. The second-order valence-corrected chi connectivity index (χ2v) is 6.45. The molecular formula is C13H10BrCl2NS. The van der Waals surface area contributed by atoms with Crippen molar-refractivity contribution in [2.45, 2.75) is 10.6 Å². The lowest BCUT2D eigenvalue weighted by Gasteiger charge is -2.07. The summed E-state index contributed by atoms with van der Waals surface area (Å²) in [6, 6.07) is 11.3. The summed E-state index contributed by atoms with van der Waals surface area (Å²) < 4.78 is 1.01. The van der Waals surface area contributed by atoms with Gasteiger partial charge >= 0.3 is 0 Å². The fourth-order valence-corrected chi connectivity index (χ4v) is 3.59. The molecule has 5 heteroatoms. The Bertz CT molecular complexity index is 523. The molecule has 0 spiro atoms. The van der Waals surface area contributed by atoms with Gasteiger partial charge in [0.1, 0.15) is 0 Å². The van der Waals surface area contributed by atoms with Crippen LogP contribution in [-0.4, -0.2) is 0 Å². The number of hydrogen-bond acceptors (Lipinski definition) is 2. The van der Waals surface area contributed by atoms with Crippen molar-refractivity contribution in [2.75, 3.05) is 5.73 Å². The molecule has 0 aliphatic rings. The fourth-order valence-electron chi connectivity index (χ4n) is 1.45. The molecule has 94 valence electrons. The highest BCUT2D eigenvalue weighted by Crippen LogP contribution is 2.32. The molecule has 0 saturated carbocycles. The lowest BCUT2D eigenvalue weighted by atomic mass is 10.2. The van der Waals surface area contributed by atoms with Crippen molar-refractivity contribution >= 4 is 56.6 Å². The van der Waals surface area contributed by atoms with Crippen molar-refractivity contribution in [1.29, 1.82) is 0 Å². The number of thioether (sulfide) groups is 1. The Morgan fingerprint density at radius 3 is 2.39 bits per heavy atom. The Morgan fingerprint density at radius 1 is 1.06 bits per heavy atom. The molecule has 0 bridgehead atoms. The second-order valence-electron chi connectivity index (χ2n) is 3.71. The predicted octanol–water partition coefficient (Wildman–Crippen LogP) is 5.63. The maximum absolute atomic E-state index is 5.91. The quantitative estimate of drug-likeness (QED) is 0.565. The topological polar surface area (TPSA) is 26.0 Å². The first-order valence-corrected chi connectivity index (χ1v) is 7.71. The van der Waals surface area contributed by atoms with Crippen LogP contribution in [0.2, 0.25) is 10.0 Å². The highest BCUT2D eigenvalue weighted by molar-refractivity contribution is 9.10. The van der Waals surface area contributed by atoms with Gasteiger partial charge in [0.25, 0.3) is 0 Å². The Balaban J connectivity index is 2.11. The SMILES string of the molecule is Nc1cc(Cl)ccc1SCc1ccc(Cl)cc1Br. The van der Waals surface area contributed by atoms with Crippen LogP contribution in [0, 0.1) is 0 Å². The molecule has 0 saturated heterocycles. The predicted molar refractivity (Wildman–Crippen MR) is 84.6 cm³/mol. The summed E-state index contributed by atoms with van der Waals surface area (Å²) in [5.74, 6) is 0.823. The summed E-state index contributed by atoms with van der Waals surface area (Å²) in [4.78, 5) is 1.03. The first-order chi connectivity index (χ1) is 8.56. The number of anilines is 1. The van der Waals surface area contributed by atoms with Gasteiger partial charge in [-0.3, -0.25) is 0 Å². The van der Waals surface area contributed by atoms with Crippen LogP contribution in [0.1, 0.15) is 5.56 Å². The van der Waals surface area contributed by atoms with Crippen molar-refractivity contribution in [1.82, 2.24) is 0 Å². The molecule has 0 aliphatic heterocycles. The zero-order valence-electron chi connectivity index (χ0n) is 9.29. The zero-order valence-corrected chi connectivity index (χ0v) is 13.2. The molecule has 0 unspecified atom stereocenters. The Hall–Kier alpha value is -0.350. The van der Waals surface area contributed by atoms with Crippen molar-refractivity contribution in [2.24, 2.45) is 0 Å². The third-order valence-electron chi connectivity index (χ3n) is 2.37. The average Bonchev–Trinajstić information content (AvgIpc) is 2.30. The summed E-state index contributed by atoms with van der Waals surface area (Å²) in [5.41, 5.74) is 7.80.